The van der Waals surface area contributed by atoms with Gasteiger partial charge in [-0.05, 0) is 25.7 Å². The smallest absolute Gasteiger partial charge is 0.152 e. The Kier molecular flexibility index (Phi) is 5.33. The summed E-state index contributed by atoms with van der Waals surface area (Å²) >= 11 is 0. The zero-order chi connectivity index (χ0) is 13.7. The molecular weight excluding hydrogens is 246 g/mol. The highest BCUT2D eigenvalue weighted by Gasteiger charge is 2.43. The predicted octanol–water partition coefficient (Wildman–Crippen LogP) is 0.895. The topological polar surface area (TPSA) is 70.8 Å². The van der Waals surface area contributed by atoms with Crippen LogP contribution in [0.15, 0.2) is 0 Å². The van der Waals surface area contributed by atoms with Gasteiger partial charge in [-0.2, -0.15) is 0 Å². The number of rotatable bonds is 6. The summed E-state index contributed by atoms with van der Waals surface area (Å²) in [4.78, 5) is 12.4. The van der Waals surface area contributed by atoms with Crippen LogP contribution in [-0.2, 0) is 19.0 Å². The SMILES string of the molecule is COCCCC(N)C(=O)C1CCOC2(CCOC2)C1. The van der Waals surface area contributed by atoms with Crippen LogP contribution in [-0.4, -0.2) is 51.0 Å². The minimum absolute atomic E-state index is 0.0352. The molecule has 0 aromatic rings. The summed E-state index contributed by atoms with van der Waals surface area (Å²) in [5.74, 6) is 0.221. The largest absolute Gasteiger partial charge is 0.385 e. The molecule has 5 heteroatoms. The van der Waals surface area contributed by atoms with Crippen LogP contribution >= 0.6 is 0 Å². The molecule has 3 unspecified atom stereocenters. The van der Waals surface area contributed by atoms with Gasteiger partial charge in [-0.1, -0.05) is 0 Å². The molecule has 2 aliphatic heterocycles. The first-order chi connectivity index (χ1) is 9.17. The molecule has 2 fully saturated rings. The maximum atomic E-state index is 12.4. The second kappa shape index (κ2) is 6.79. The van der Waals surface area contributed by atoms with Crippen molar-refractivity contribution in [1.29, 1.82) is 0 Å². The zero-order valence-corrected chi connectivity index (χ0v) is 11.7. The molecule has 0 radical (unpaired) electrons. The monoisotopic (exact) mass is 271 g/mol. The van der Waals surface area contributed by atoms with Crippen LogP contribution in [0.3, 0.4) is 0 Å². The van der Waals surface area contributed by atoms with Crippen LogP contribution in [0, 0.1) is 5.92 Å². The van der Waals surface area contributed by atoms with Crippen molar-refractivity contribution in [3.63, 3.8) is 0 Å². The lowest BCUT2D eigenvalue weighted by atomic mass is 9.80. The van der Waals surface area contributed by atoms with Crippen molar-refractivity contribution < 1.29 is 19.0 Å². The Morgan fingerprint density at radius 2 is 2.37 bits per heavy atom. The van der Waals surface area contributed by atoms with Crippen LogP contribution in [0.4, 0.5) is 0 Å². The van der Waals surface area contributed by atoms with Crippen molar-refractivity contribution in [3.05, 3.63) is 0 Å². The van der Waals surface area contributed by atoms with Gasteiger partial charge < -0.3 is 19.9 Å². The Labute approximate surface area is 114 Å². The van der Waals surface area contributed by atoms with Gasteiger partial charge in [0.1, 0.15) is 0 Å². The summed E-state index contributed by atoms with van der Waals surface area (Å²) in [5.41, 5.74) is 5.78. The van der Waals surface area contributed by atoms with E-state index >= 15 is 0 Å². The van der Waals surface area contributed by atoms with Gasteiger partial charge in [-0.15, -0.1) is 0 Å². The highest BCUT2D eigenvalue weighted by atomic mass is 16.6. The van der Waals surface area contributed by atoms with Crippen LogP contribution in [0.5, 0.6) is 0 Å². The lowest BCUT2D eigenvalue weighted by molar-refractivity contribution is -0.138. The highest BCUT2D eigenvalue weighted by Crippen LogP contribution is 2.36. The third-order valence-corrected chi connectivity index (χ3v) is 4.19. The van der Waals surface area contributed by atoms with E-state index in [2.05, 4.69) is 0 Å². The molecule has 3 atom stereocenters. The number of ether oxygens (including phenoxy) is 3. The molecule has 2 rings (SSSR count). The summed E-state index contributed by atoms with van der Waals surface area (Å²) < 4.78 is 16.3. The van der Waals surface area contributed by atoms with Gasteiger partial charge in [0, 0.05) is 39.3 Å². The fraction of sp³-hybridized carbons (Fsp3) is 0.929. The maximum Gasteiger partial charge on any atom is 0.152 e. The minimum atomic E-state index is -0.363. The van der Waals surface area contributed by atoms with E-state index in [4.69, 9.17) is 19.9 Å². The van der Waals surface area contributed by atoms with Crippen molar-refractivity contribution in [2.75, 3.05) is 33.5 Å². The quantitative estimate of drug-likeness (QED) is 0.727. The van der Waals surface area contributed by atoms with Crippen molar-refractivity contribution >= 4 is 5.78 Å². The van der Waals surface area contributed by atoms with Gasteiger partial charge in [0.15, 0.2) is 5.78 Å². The molecule has 2 N–H and O–H groups in total. The molecule has 2 saturated heterocycles. The van der Waals surface area contributed by atoms with E-state index in [1.54, 1.807) is 7.11 Å². The van der Waals surface area contributed by atoms with E-state index in [0.717, 1.165) is 32.3 Å². The van der Waals surface area contributed by atoms with Crippen molar-refractivity contribution in [1.82, 2.24) is 0 Å². The molecule has 2 aliphatic rings. The van der Waals surface area contributed by atoms with E-state index in [0.29, 0.717) is 26.2 Å². The predicted molar refractivity (Wildman–Crippen MR) is 70.9 cm³/mol. The van der Waals surface area contributed by atoms with Crippen LogP contribution < -0.4 is 5.73 Å². The summed E-state index contributed by atoms with van der Waals surface area (Å²) in [6, 6.07) is -0.363. The first-order valence-corrected chi connectivity index (χ1v) is 7.17. The van der Waals surface area contributed by atoms with Crippen LogP contribution in [0.25, 0.3) is 0 Å². The molecule has 2 heterocycles. The molecule has 0 aliphatic carbocycles. The Bertz CT molecular complexity index is 302. The minimum Gasteiger partial charge on any atom is -0.385 e. The number of nitrogens with two attached hydrogens (primary N) is 1. The Morgan fingerprint density at radius 1 is 1.53 bits per heavy atom. The molecule has 0 amide bonds. The first-order valence-electron chi connectivity index (χ1n) is 7.17. The standard InChI is InChI=1S/C14H25NO4/c1-17-6-2-3-12(15)13(16)11-4-7-19-14(9-11)5-8-18-10-14/h11-12H,2-10,15H2,1H3. The molecule has 0 aromatic carbocycles. The van der Waals surface area contributed by atoms with Crippen LogP contribution in [0.2, 0.25) is 0 Å². The fourth-order valence-electron chi connectivity index (χ4n) is 3.03. The number of hydrogen-bond acceptors (Lipinski definition) is 5. The van der Waals surface area contributed by atoms with E-state index in [1.807, 2.05) is 0 Å². The normalized spacial score (nSPS) is 32.6. The Morgan fingerprint density at radius 3 is 3.05 bits per heavy atom. The second-order valence-electron chi connectivity index (χ2n) is 5.67. The van der Waals surface area contributed by atoms with Gasteiger partial charge in [0.25, 0.3) is 0 Å². The lowest BCUT2D eigenvalue weighted by Gasteiger charge is -2.37. The molecule has 1 spiro atoms. The van der Waals surface area contributed by atoms with Gasteiger partial charge in [0.2, 0.25) is 0 Å². The third kappa shape index (κ3) is 3.75. The molecule has 19 heavy (non-hydrogen) atoms. The third-order valence-electron chi connectivity index (χ3n) is 4.19. The maximum absolute atomic E-state index is 12.4. The summed E-state index contributed by atoms with van der Waals surface area (Å²) in [5, 5.41) is 0. The van der Waals surface area contributed by atoms with Gasteiger partial charge >= 0.3 is 0 Å². The summed E-state index contributed by atoms with van der Waals surface area (Å²) in [7, 11) is 1.66. The van der Waals surface area contributed by atoms with Gasteiger partial charge in [-0.25, -0.2) is 0 Å². The van der Waals surface area contributed by atoms with Crippen molar-refractivity contribution in [2.45, 2.75) is 43.7 Å². The van der Waals surface area contributed by atoms with E-state index in [9.17, 15) is 4.79 Å². The zero-order valence-electron chi connectivity index (χ0n) is 11.7. The summed E-state index contributed by atoms with van der Waals surface area (Å²) in [6.07, 6.45) is 3.99. The number of ketones is 1. The van der Waals surface area contributed by atoms with Crippen LogP contribution in [0.1, 0.15) is 32.1 Å². The van der Waals surface area contributed by atoms with E-state index in [-0.39, 0.29) is 23.3 Å². The number of carbonyl (C=O) groups excluding carboxylic acids is 1. The molecule has 0 aromatic heterocycles. The fourth-order valence-corrected chi connectivity index (χ4v) is 3.03. The number of carbonyl (C=O) groups is 1. The number of methoxy groups -OCH3 is 1. The number of Topliss-reactive ketones (excluding diaryl/α,β-unsaturated/α-hetero) is 1. The Hall–Kier alpha value is -0.490. The van der Waals surface area contributed by atoms with Crippen molar-refractivity contribution in [3.8, 4) is 0 Å². The molecule has 0 saturated carbocycles. The number of hydrogen-bond donors (Lipinski definition) is 1. The highest BCUT2D eigenvalue weighted by molar-refractivity contribution is 5.86. The van der Waals surface area contributed by atoms with Gasteiger partial charge in [0.05, 0.1) is 18.2 Å². The first kappa shape index (κ1) is 14.9. The average Bonchev–Trinajstić information content (AvgIpc) is 2.86. The van der Waals surface area contributed by atoms with E-state index in [1.165, 1.54) is 0 Å². The van der Waals surface area contributed by atoms with Crippen molar-refractivity contribution in [2.24, 2.45) is 11.7 Å². The Balaban J connectivity index is 1.84. The second-order valence-corrected chi connectivity index (χ2v) is 5.67. The molecule has 110 valence electrons. The molecule has 0 bridgehead atoms. The van der Waals surface area contributed by atoms with E-state index < -0.39 is 0 Å². The molecule has 5 nitrogen and oxygen atoms in total. The average molecular weight is 271 g/mol. The molecular formula is C14H25NO4. The van der Waals surface area contributed by atoms with Gasteiger partial charge in [-0.3, -0.25) is 4.79 Å². The summed E-state index contributed by atoms with van der Waals surface area (Å²) in [6.45, 7) is 2.66. The lowest BCUT2D eigenvalue weighted by Crippen LogP contribution is -2.46.